The van der Waals surface area contributed by atoms with E-state index in [1.54, 1.807) is 7.05 Å². The van der Waals surface area contributed by atoms with E-state index in [1.165, 1.54) is 25.7 Å². The average Bonchev–Trinajstić information content (AvgIpc) is 2.18. The van der Waals surface area contributed by atoms with Crippen LogP contribution in [0, 0.1) is 5.92 Å². The van der Waals surface area contributed by atoms with Crippen LogP contribution in [0.4, 0.5) is 0 Å². The Bertz CT molecular complexity index is 186. The smallest absolute Gasteiger partial charge is 0.233 e. The molecule has 1 amide bonds. The molecule has 0 spiro atoms. The molecule has 1 N–H and O–H groups in total. The molecule has 1 aliphatic carbocycles. The molecule has 0 aromatic rings. The number of rotatable bonds is 3. The first-order valence-electron chi connectivity index (χ1n) is 5.54. The van der Waals surface area contributed by atoms with Gasteiger partial charge in [-0.1, -0.05) is 6.92 Å². The van der Waals surface area contributed by atoms with Crippen molar-refractivity contribution in [1.29, 1.82) is 0 Å². The molecule has 1 saturated carbocycles. The summed E-state index contributed by atoms with van der Waals surface area (Å²) in [4.78, 5) is 13.4. The lowest BCUT2D eigenvalue weighted by molar-refractivity contribution is -0.122. The molecule has 1 rings (SSSR count). The van der Waals surface area contributed by atoms with Crippen LogP contribution >= 0.6 is 0 Å². The third kappa shape index (κ3) is 3.29. The lowest BCUT2D eigenvalue weighted by atomic mass is 9.87. The molecule has 3 heteroatoms. The standard InChI is InChI=1S/C11H22N2O/c1-9-4-6-10(7-5-9)13(3)8-11(14)12-2/h9-10H,4-8H2,1-3H3,(H,12,14). The fourth-order valence-electron chi connectivity index (χ4n) is 2.12. The summed E-state index contributed by atoms with van der Waals surface area (Å²) < 4.78 is 0. The summed E-state index contributed by atoms with van der Waals surface area (Å²) in [6.07, 6.45) is 5.11. The predicted molar refractivity (Wildman–Crippen MR) is 58.1 cm³/mol. The minimum Gasteiger partial charge on any atom is -0.358 e. The molecular formula is C11H22N2O. The molecule has 1 fully saturated rings. The van der Waals surface area contributed by atoms with E-state index in [2.05, 4.69) is 24.2 Å². The Balaban J connectivity index is 2.30. The van der Waals surface area contributed by atoms with Gasteiger partial charge in [0.1, 0.15) is 0 Å². The van der Waals surface area contributed by atoms with Crippen LogP contribution in [0.2, 0.25) is 0 Å². The van der Waals surface area contributed by atoms with Crippen molar-refractivity contribution in [3.05, 3.63) is 0 Å². The van der Waals surface area contributed by atoms with E-state index in [9.17, 15) is 4.79 Å². The molecule has 0 aromatic carbocycles. The highest BCUT2D eigenvalue weighted by Crippen LogP contribution is 2.26. The Kier molecular flexibility index (Phi) is 4.39. The monoisotopic (exact) mass is 198 g/mol. The molecule has 0 heterocycles. The highest BCUT2D eigenvalue weighted by Gasteiger charge is 2.22. The van der Waals surface area contributed by atoms with Crippen LogP contribution in [-0.2, 0) is 4.79 Å². The topological polar surface area (TPSA) is 32.3 Å². The number of amides is 1. The van der Waals surface area contributed by atoms with Crippen LogP contribution in [0.25, 0.3) is 0 Å². The lowest BCUT2D eigenvalue weighted by Crippen LogP contribution is -2.41. The lowest BCUT2D eigenvalue weighted by Gasteiger charge is -2.33. The number of nitrogens with zero attached hydrogens (tertiary/aromatic N) is 1. The van der Waals surface area contributed by atoms with Crippen LogP contribution in [0.1, 0.15) is 32.6 Å². The number of nitrogens with one attached hydrogen (secondary N) is 1. The summed E-state index contributed by atoms with van der Waals surface area (Å²) in [6.45, 7) is 2.85. The van der Waals surface area contributed by atoms with Gasteiger partial charge in [-0.15, -0.1) is 0 Å². The molecule has 0 radical (unpaired) electrons. The molecule has 0 unspecified atom stereocenters. The summed E-state index contributed by atoms with van der Waals surface area (Å²) >= 11 is 0. The number of carbonyl (C=O) groups excluding carboxylic acids is 1. The Hall–Kier alpha value is -0.570. The van der Waals surface area contributed by atoms with Crippen LogP contribution in [-0.4, -0.2) is 37.5 Å². The minimum absolute atomic E-state index is 0.117. The molecule has 14 heavy (non-hydrogen) atoms. The van der Waals surface area contributed by atoms with Gasteiger partial charge in [0.15, 0.2) is 0 Å². The molecule has 0 saturated heterocycles. The van der Waals surface area contributed by atoms with Gasteiger partial charge in [-0.25, -0.2) is 0 Å². The number of carbonyl (C=O) groups is 1. The molecule has 0 aromatic heterocycles. The van der Waals surface area contributed by atoms with Gasteiger partial charge in [0.25, 0.3) is 0 Å². The van der Waals surface area contributed by atoms with E-state index in [4.69, 9.17) is 0 Å². The highest BCUT2D eigenvalue weighted by molar-refractivity contribution is 5.77. The zero-order valence-electron chi connectivity index (χ0n) is 9.55. The van der Waals surface area contributed by atoms with Crippen LogP contribution < -0.4 is 5.32 Å². The summed E-state index contributed by atoms with van der Waals surface area (Å²) in [5.74, 6) is 0.991. The number of likely N-dealkylation sites (N-methyl/N-ethyl adjacent to an activating group) is 2. The van der Waals surface area contributed by atoms with Crippen molar-refractivity contribution >= 4 is 5.91 Å². The number of hydrogen-bond donors (Lipinski definition) is 1. The normalized spacial score (nSPS) is 27.7. The van der Waals surface area contributed by atoms with E-state index >= 15 is 0 Å². The molecule has 0 bridgehead atoms. The van der Waals surface area contributed by atoms with Gasteiger partial charge in [0.05, 0.1) is 6.54 Å². The molecular weight excluding hydrogens is 176 g/mol. The van der Waals surface area contributed by atoms with Crippen molar-refractivity contribution < 1.29 is 4.79 Å². The second-order valence-corrected chi connectivity index (χ2v) is 4.50. The van der Waals surface area contributed by atoms with Crippen molar-refractivity contribution in [2.45, 2.75) is 38.6 Å². The molecule has 0 atom stereocenters. The van der Waals surface area contributed by atoms with Crippen molar-refractivity contribution in [2.75, 3.05) is 20.6 Å². The zero-order chi connectivity index (χ0) is 10.6. The van der Waals surface area contributed by atoms with E-state index < -0.39 is 0 Å². The second-order valence-electron chi connectivity index (χ2n) is 4.50. The van der Waals surface area contributed by atoms with E-state index in [-0.39, 0.29) is 5.91 Å². The first-order valence-corrected chi connectivity index (χ1v) is 5.54. The first-order chi connectivity index (χ1) is 6.63. The SMILES string of the molecule is CNC(=O)CN(C)C1CCC(C)CC1. The van der Waals surface area contributed by atoms with Crippen molar-refractivity contribution in [1.82, 2.24) is 10.2 Å². The average molecular weight is 198 g/mol. The molecule has 3 nitrogen and oxygen atoms in total. The molecule has 0 aliphatic heterocycles. The maximum atomic E-state index is 11.2. The predicted octanol–water partition coefficient (Wildman–Crippen LogP) is 1.24. The fraction of sp³-hybridized carbons (Fsp3) is 0.909. The molecule has 1 aliphatic rings. The fourth-order valence-corrected chi connectivity index (χ4v) is 2.12. The Morgan fingerprint density at radius 3 is 2.43 bits per heavy atom. The van der Waals surface area contributed by atoms with Crippen molar-refractivity contribution in [3.63, 3.8) is 0 Å². The summed E-state index contributed by atoms with van der Waals surface area (Å²) in [5, 5.41) is 2.66. The van der Waals surface area contributed by atoms with Crippen molar-refractivity contribution in [2.24, 2.45) is 5.92 Å². The zero-order valence-corrected chi connectivity index (χ0v) is 9.55. The second kappa shape index (κ2) is 5.35. The van der Waals surface area contributed by atoms with Crippen LogP contribution in [0.15, 0.2) is 0 Å². The number of hydrogen-bond acceptors (Lipinski definition) is 2. The van der Waals surface area contributed by atoms with Gasteiger partial charge in [-0.2, -0.15) is 0 Å². The molecule has 82 valence electrons. The van der Waals surface area contributed by atoms with E-state index in [1.807, 2.05) is 0 Å². The maximum absolute atomic E-state index is 11.2. The quantitative estimate of drug-likeness (QED) is 0.740. The van der Waals surface area contributed by atoms with Gasteiger partial charge in [-0.3, -0.25) is 9.69 Å². The van der Waals surface area contributed by atoms with Crippen LogP contribution in [0.5, 0.6) is 0 Å². The Morgan fingerprint density at radius 2 is 1.93 bits per heavy atom. The van der Waals surface area contributed by atoms with Gasteiger partial charge in [0.2, 0.25) is 5.91 Å². The van der Waals surface area contributed by atoms with E-state index in [0.717, 1.165) is 5.92 Å². The maximum Gasteiger partial charge on any atom is 0.233 e. The van der Waals surface area contributed by atoms with Crippen molar-refractivity contribution in [3.8, 4) is 0 Å². The highest BCUT2D eigenvalue weighted by atomic mass is 16.1. The Morgan fingerprint density at radius 1 is 1.36 bits per heavy atom. The third-order valence-corrected chi connectivity index (χ3v) is 3.28. The summed E-state index contributed by atoms with van der Waals surface area (Å²) in [7, 11) is 3.75. The van der Waals surface area contributed by atoms with Gasteiger partial charge in [-0.05, 0) is 38.6 Å². The van der Waals surface area contributed by atoms with Gasteiger partial charge >= 0.3 is 0 Å². The Labute approximate surface area is 86.9 Å². The first kappa shape index (κ1) is 11.5. The van der Waals surface area contributed by atoms with Gasteiger partial charge in [0, 0.05) is 13.1 Å². The third-order valence-electron chi connectivity index (χ3n) is 3.28. The van der Waals surface area contributed by atoms with Gasteiger partial charge < -0.3 is 5.32 Å². The summed E-state index contributed by atoms with van der Waals surface area (Å²) in [5.41, 5.74) is 0. The van der Waals surface area contributed by atoms with E-state index in [0.29, 0.717) is 12.6 Å². The van der Waals surface area contributed by atoms with Crippen LogP contribution in [0.3, 0.4) is 0 Å². The minimum atomic E-state index is 0.117. The largest absolute Gasteiger partial charge is 0.358 e. The summed E-state index contributed by atoms with van der Waals surface area (Å²) in [6, 6.07) is 0.614.